The molecule has 2 aromatic heterocycles. The van der Waals surface area contributed by atoms with Crippen LogP contribution in [0.25, 0.3) is 11.2 Å². The molecule has 0 unspecified atom stereocenters. The molecule has 11 nitrogen and oxygen atoms in total. The topological polar surface area (TPSA) is 157 Å². The minimum Gasteiger partial charge on any atom is -0.459 e. The van der Waals surface area contributed by atoms with Crippen molar-refractivity contribution >= 4 is 34.9 Å². The van der Waals surface area contributed by atoms with E-state index in [-0.39, 0.29) is 28.5 Å². The van der Waals surface area contributed by atoms with Gasteiger partial charge in [-0.15, -0.1) is 0 Å². The van der Waals surface area contributed by atoms with Gasteiger partial charge in [-0.2, -0.15) is 9.97 Å². The second-order valence-electron chi connectivity index (χ2n) is 8.69. The Morgan fingerprint density at radius 1 is 1.03 bits per heavy atom. The van der Waals surface area contributed by atoms with E-state index in [1.54, 1.807) is 60.7 Å². The van der Waals surface area contributed by atoms with Gasteiger partial charge in [0.05, 0.1) is 17.5 Å². The molecule has 1 aliphatic heterocycles. The second kappa shape index (κ2) is 9.47. The molecular formula is C25H23FN6O5. The number of anilines is 2. The quantitative estimate of drug-likeness (QED) is 0.373. The van der Waals surface area contributed by atoms with Gasteiger partial charge in [0.15, 0.2) is 30.0 Å². The Morgan fingerprint density at radius 2 is 1.65 bits per heavy atom. The van der Waals surface area contributed by atoms with Gasteiger partial charge in [-0.3, -0.25) is 4.57 Å². The van der Waals surface area contributed by atoms with Gasteiger partial charge in [0.2, 0.25) is 5.95 Å². The van der Waals surface area contributed by atoms with E-state index in [0.717, 1.165) is 0 Å². The van der Waals surface area contributed by atoms with Crippen molar-refractivity contribution in [3.63, 3.8) is 0 Å². The van der Waals surface area contributed by atoms with E-state index in [2.05, 4.69) is 15.0 Å². The third kappa shape index (κ3) is 4.54. The first kappa shape index (κ1) is 24.1. The molecule has 0 radical (unpaired) electrons. The first-order valence-corrected chi connectivity index (χ1v) is 11.3. The number of hydrogen-bond donors (Lipinski definition) is 2. The number of alkyl halides is 1. The van der Waals surface area contributed by atoms with E-state index in [9.17, 15) is 9.59 Å². The summed E-state index contributed by atoms with van der Waals surface area (Å²) in [4.78, 5) is 37.6. The lowest BCUT2D eigenvalue weighted by Gasteiger charge is -2.29. The highest BCUT2D eigenvalue weighted by Gasteiger charge is 2.57. The molecule has 0 saturated carbocycles. The van der Waals surface area contributed by atoms with Crippen molar-refractivity contribution in [3.05, 3.63) is 78.1 Å². The van der Waals surface area contributed by atoms with E-state index in [1.807, 2.05) is 0 Å². The third-order valence-electron chi connectivity index (χ3n) is 6.04. The predicted octanol–water partition coefficient (Wildman–Crippen LogP) is 2.70. The van der Waals surface area contributed by atoms with Crippen molar-refractivity contribution in [2.24, 2.45) is 0 Å². The van der Waals surface area contributed by atoms with Crippen LogP contribution in [0, 0.1) is 0 Å². The number of aromatic nitrogens is 4. The van der Waals surface area contributed by atoms with Gasteiger partial charge in [-0.05, 0) is 31.2 Å². The number of nitrogens with two attached hydrogens (primary N) is 2. The van der Waals surface area contributed by atoms with E-state index in [0.29, 0.717) is 5.56 Å². The van der Waals surface area contributed by atoms with Crippen molar-refractivity contribution in [3.8, 4) is 0 Å². The molecule has 1 saturated heterocycles. The average molecular weight is 506 g/mol. The molecule has 4 aromatic rings. The fourth-order valence-corrected chi connectivity index (χ4v) is 4.18. The maximum absolute atomic E-state index is 16.1. The normalized spacial score (nSPS) is 23.1. The van der Waals surface area contributed by atoms with Crippen molar-refractivity contribution in [2.45, 2.75) is 31.0 Å². The molecule has 12 heteroatoms. The number of carbonyl (C=O) groups excluding carboxylic acids is 2. The first-order chi connectivity index (χ1) is 17.8. The fourth-order valence-electron chi connectivity index (χ4n) is 4.18. The number of ether oxygens (including phenoxy) is 3. The molecule has 4 N–H and O–H groups in total. The van der Waals surface area contributed by atoms with E-state index in [1.165, 1.54) is 17.8 Å². The highest BCUT2D eigenvalue weighted by atomic mass is 19.1. The van der Waals surface area contributed by atoms with Crippen LogP contribution in [-0.2, 0) is 14.2 Å². The number of nitrogen functional groups attached to an aromatic ring is 2. The van der Waals surface area contributed by atoms with E-state index >= 15 is 4.39 Å². The van der Waals surface area contributed by atoms with Gasteiger partial charge in [0.25, 0.3) is 0 Å². The largest absolute Gasteiger partial charge is 0.459 e. The lowest BCUT2D eigenvalue weighted by atomic mass is 9.98. The molecular weight excluding hydrogens is 483 g/mol. The smallest absolute Gasteiger partial charge is 0.338 e. The molecule has 3 heterocycles. The zero-order valence-corrected chi connectivity index (χ0v) is 19.7. The van der Waals surface area contributed by atoms with Crippen LogP contribution in [0.15, 0.2) is 67.0 Å². The fraction of sp³-hybridized carbons (Fsp3) is 0.240. The van der Waals surface area contributed by atoms with Crippen LogP contribution in [0.4, 0.5) is 16.2 Å². The molecule has 0 bridgehead atoms. The molecule has 1 aliphatic rings. The molecule has 0 amide bonds. The molecule has 1 fully saturated rings. The van der Waals surface area contributed by atoms with E-state index in [4.69, 9.17) is 25.7 Å². The van der Waals surface area contributed by atoms with Crippen molar-refractivity contribution in [1.29, 1.82) is 0 Å². The minimum atomic E-state index is -1.90. The summed E-state index contributed by atoms with van der Waals surface area (Å²) in [5.74, 6) is -1.52. The summed E-state index contributed by atoms with van der Waals surface area (Å²) in [6, 6.07) is 16.4. The van der Waals surface area contributed by atoms with Crippen LogP contribution in [0.2, 0.25) is 0 Å². The number of nitrogens with zero attached hydrogens (tertiary/aromatic N) is 4. The first-order valence-electron chi connectivity index (χ1n) is 11.3. The Labute approximate surface area is 210 Å². The SMILES string of the molecule is C[C@]1(COC(=O)c2ccccc2)O[C@H](n2cnc3c(N)nc(N)nc32)[C@@H](F)[C@@H]1OC(=O)c1ccccc1. The highest BCUT2D eigenvalue weighted by molar-refractivity contribution is 5.90. The minimum absolute atomic E-state index is 0.0151. The van der Waals surface area contributed by atoms with Gasteiger partial charge >= 0.3 is 11.9 Å². The summed E-state index contributed by atoms with van der Waals surface area (Å²) in [5, 5.41) is 0. The number of carbonyl (C=O) groups is 2. The average Bonchev–Trinajstić information content (AvgIpc) is 3.43. The number of esters is 2. The Morgan fingerprint density at radius 3 is 2.30 bits per heavy atom. The molecule has 37 heavy (non-hydrogen) atoms. The molecule has 5 rings (SSSR count). The molecule has 2 aromatic carbocycles. The monoisotopic (exact) mass is 506 g/mol. The van der Waals surface area contributed by atoms with Gasteiger partial charge in [-0.1, -0.05) is 36.4 Å². The van der Waals surface area contributed by atoms with Gasteiger partial charge in [0.1, 0.15) is 17.7 Å². The maximum Gasteiger partial charge on any atom is 0.338 e. The highest BCUT2D eigenvalue weighted by Crippen LogP contribution is 2.42. The Balaban J connectivity index is 1.47. The van der Waals surface area contributed by atoms with Gasteiger partial charge in [0, 0.05) is 0 Å². The number of benzene rings is 2. The number of hydrogen-bond acceptors (Lipinski definition) is 10. The number of rotatable bonds is 6. The number of fused-ring (bicyclic) bond motifs is 1. The molecule has 0 aliphatic carbocycles. The number of halogens is 1. The predicted molar refractivity (Wildman–Crippen MR) is 130 cm³/mol. The Hall–Kier alpha value is -4.58. The summed E-state index contributed by atoms with van der Waals surface area (Å²) in [6.07, 6.45) is -3.43. The van der Waals surface area contributed by atoms with Crippen LogP contribution in [0.5, 0.6) is 0 Å². The lowest BCUT2D eigenvalue weighted by molar-refractivity contribution is -0.120. The molecule has 0 spiro atoms. The Bertz CT molecular complexity index is 1450. The zero-order valence-electron chi connectivity index (χ0n) is 19.7. The Kier molecular flexibility index (Phi) is 6.17. The number of imidazole rings is 1. The molecule has 4 atom stereocenters. The second-order valence-corrected chi connectivity index (χ2v) is 8.69. The van der Waals surface area contributed by atoms with Crippen LogP contribution in [-0.4, -0.2) is 55.9 Å². The zero-order chi connectivity index (χ0) is 26.2. The van der Waals surface area contributed by atoms with Crippen LogP contribution >= 0.6 is 0 Å². The van der Waals surface area contributed by atoms with Crippen LogP contribution < -0.4 is 11.5 Å². The third-order valence-corrected chi connectivity index (χ3v) is 6.04. The van der Waals surface area contributed by atoms with E-state index < -0.39 is 42.7 Å². The van der Waals surface area contributed by atoms with Crippen molar-refractivity contribution in [2.75, 3.05) is 18.1 Å². The summed E-state index contributed by atoms with van der Waals surface area (Å²) in [7, 11) is 0. The summed E-state index contributed by atoms with van der Waals surface area (Å²) in [6.45, 7) is 1.09. The summed E-state index contributed by atoms with van der Waals surface area (Å²) in [5.41, 5.74) is 10.9. The standard InChI is InChI=1S/C25H23FN6O5/c1-25(12-35-22(33)14-8-4-2-5-9-14)18(36-23(34)15-10-6-3-7-11-15)16(26)21(37-25)32-13-29-17-19(27)30-24(28)31-20(17)32/h2-11,13,16,18,21H,12H2,1H3,(H4,27,28,30,31)/t16-,18-,21-,25+/m0/s1. The maximum atomic E-state index is 16.1. The van der Waals surface area contributed by atoms with Crippen molar-refractivity contribution in [1.82, 2.24) is 19.5 Å². The lowest BCUT2D eigenvalue weighted by Crippen LogP contribution is -2.46. The van der Waals surface area contributed by atoms with Gasteiger partial charge in [-0.25, -0.2) is 19.0 Å². The molecule has 190 valence electrons. The van der Waals surface area contributed by atoms with Crippen LogP contribution in [0.1, 0.15) is 33.9 Å². The summed E-state index contributed by atoms with van der Waals surface area (Å²) < 4.78 is 34.5. The van der Waals surface area contributed by atoms with Crippen molar-refractivity contribution < 1.29 is 28.2 Å². The summed E-state index contributed by atoms with van der Waals surface area (Å²) >= 11 is 0. The van der Waals surface area contributed by atoms with Gasteiger partial charge < -0.3 is 25.7 Å². The van der Waals surface area contributed by atoms with Crippen LogP contribution in [0.3, 0.4) is 0 Å².